The van der Waals surface area contributed by atoms with Gasteiger partial charge in [-0.2, -0.15) is 0 Å². The van der Waals surface area contributed by atoms with Crippen LogP contribution in [0, 0.1) is 0 Å². The third kappa shape index (κ3) is 2.98. The summed E-state index contributed by atoms with van der Waals surface area (Å²) in [7, 11) is 0. The zero-order chi connectivity index (χ0) is 14.9. The van der Waals surface area contributed by atoms with Crippen molar-refractivity contribution < 1.29 is 0 Å². The van der Waals surface area contributed by atoms with Crippen LogP contribution in [0.4, 0.5) is 0 Å². The van der Waals surface area contributed by atoms with E-state index >= 15 is 0 Å². The van der Waals surface area contributed by atoms with Crippen LogP contribution in [0.2, 0.25) is 0 Å². The molecule has 2 aromatic carbocycles. The Hall–Kier alpha value is -2.13. The molecule has 0 saturated carbocycles. The number of fused-ring (bicyclic) bond motifs is 1. The van der Waals surface area contributed by atoms with Gasteiger partial charge in [0.15, 0.2) is 0 Å². The van der Waals surface area contributed by atoms with E-state index in [1.807, 2.05) is 12.1 Å². The van der Waals surface area contributed by atoms with E-state index < -0.39 is 0 Å². The number of imidazole rings is 1. The third-order valence-electron chi connectivity index (χ3n) is 3.42. The molecule has 0 aliphatic rings. The number of hydrogen-bond acceptors (Lipinski definition) is 2. The van der Waals surface area contributed by atoms with E-state index in [1.165, 1.54) is 0 Å². The molecular weight excluding hydrogens is 258 g/mol. The predicted molar refractivity (Wildman–Crippen MR) is 87.7 cm³/mol. The van der Waals surface area contributed by atoms with Gasteiger partial charge in [-0.3, -0.25) is 4.57 Å². The second kappa shape index (κ2) is 5.34. The van der Waals surface area contributed by atoms with E-state index in [4.69, 9.17) is 4.98 Å². The first kappa shape index (κ1) is 13.8. The molecule has 1 heterocycles. The second-order valence-corrected chi connectivity index (χ2v) is 6.29. The first-order chi connectivity index (χ1) is 10.0. The van der Waals surface area contributed by atoms with Gasteiger partial charge in [-0.15, -0.1) is 0 Å². The van der Waals surface area contributed by atoms with Crippen LogP contribution in [-0.2, 0) is 6.54 Å². The Morgan fingerprint density at radius 3 is 2.33 bits per heavy atom. The first-order valence-electron chi connectivity index (χ1n) is 7.31. The van der Waals surface area contributed by atoms with Crippen molar-refractivity contribution >= 4 is 11.0 Å². The van der Waals surface area contributed by atoms with E-state index in [2.05, 4.69) is 73.1 Å². The van der Waals surface area contributed by atoms with Gasteiger partial charge in [0, 0.05) is 11.2 Å². The molecule has 0 fully saturated rings. The Labute approximate surface area is 125 Å². The average molecular weight is 279 g/mol. The second-order valence-electron chi connectivity index (χ2n) is 6.29. The number of hydrogen-bond donors (Lipinski definition) is 1. The van der Waals surface area contributed by atoms with Crippen molar-refractivity contribution in [1.29, 1.82) is 0 Å². The van der Waals surface area contributed by atoms with Crippen LogP contribution in [0.25, 0.3) is 16.7 Å². The minimum absolute atomic E-state index is 0.0691. The Morgan fingerprint density at radius 1 is 0.952 bits per heavy atom. The summed E-state index contributed by atoms with van der Waals surface area (Å²) in [4.78, 5) is 4.79. The average Bonchev–Trinajstić information content (AvgIpc) is 2.84. The van der Waals surface area contributed by atoms with Crippen molar-refractivity contribution in [2.24, 2.45) is 0 Å². The molecule has 3 nitrogen and oxygen atoms in total. The lowest BCUT2D eigenvalue weighted by Gasteiger charge is -2.20. The van der Waals surface area contributed by atoms with Gasteiger partial charge in [0.25, 0.3) is 0 Å². The third-order valence-corrected chi connectivity index (χ3v) is 3.42. The molecule has 0 radical (unpaired) electrons. The van der Waals surface area contributed by atoms with Gasteiger partial charge in [-0.1, -0.05) is 30.3 Å². The molecule has 0 unspecified atom stereocenters. The maximum absolute atomic E-state index is 4.79. The normalized spacial score (nSPS) is 12.0. The molecule has 3 rings (SSSR count). The monoisotopic (exact) mass is 279 g/mol. The van der Waals surface area contributed by atoms with Crippen molar-refractivity contribution in [2.75, 3.05) is 0 Å². The van der Waals surface area contributed by atoms with Crippen LogP contribution in [0.3, 0.4) is 0 Å². The summed E-state index contributed by atoms with van der Waals surface area (Å²) in [5.74, 6) is 1.04. The van der Waals surface area contributed by atoms with Crippen molar-refractivity contribution in [2.45, 2.75) is 32.9 Å². The van der Waals surface area contributed by atoms with Crippen molar-refractivity contribution in [1.82, 2.24) is 14.9 Å². The SMILES string of the molecule is CC(C)(C)NCc1nc2ccccc2n1-c1ccccc1. The van der Waals surface area contributed by atoms with Gasteiger partial charge in [0.1, 0.15) is 5.82 Å². The smallest absolute Gasteiger partial charge is 0.128 e. The molecule has 1 N–H and O–H groups in total. The van der Waals surface area contributed by atoms with Crippen LogP contribution in [0.15, 0.2) is 54.6 Å². The number of para-hydroxylation sites is 3. The van der Waals surface area contributed by atoms with E-state index in [9.17, 15) is 0 Å². The van der Waals surface area contributed by atoms with Gasteiger partial charge < -0.3 is 5.32 Å². The maximum atomic E-state index is 4.79. The number of nitrogens with one attached hydrogen (secondary N) is 1. The summed E-state index contributed by atoms with van der Waals surface area (Å²) in [6.07, 6.45) is 0. The summed E-state index contributed by atoms with van der Waals surface area (Å²) in [5, 5.41) is 3.53. The fraction of sp³-hybridized carbons (Fsp3) is 0.278. The number of nitrogens with zero attached hydrogens (tertiary/aromatic N) is 2. The van der Waals surface area contributed by atoms with Gasteiger partial charge in [-0.25, -0.2) is 4.98 Å². The van der Waals surface area contributed by atoms with E-state index in [0.29, 0.717) is 0 Å². The Kier molecular flexibility index (Phi) is 3.52. The van der Waals surface area contributed by atoms with E-state index in [1.54, 1.807) is 0 Å². The standard InChI is InChI=1S/C18H21N3/c1-18(2,3)19-13-17-20-15-11-7-8-12-16(15)21(17)14-9-5-4-6-10-14/h4-12,19H,13H2,1-3H3. The molecular formula is C18H21N3. The largest absolute Gasteiger partial charge is 0.305 e. The van der Waals surface area contributed by atoms with Crippen LogP contribution in [0.1, 0.15) is 26.6 Å². The van der Waals surface area contributed by atoms with Gasteiger partial charge >= 0.3 is 0 Å². The highest BCUT2D eigenvalue weighted by Gasteiger charge is 2.15. The zero-order valence-corrected chi connectivity index (χ0v) is 12.8. The Morgan fingerprint density at radius 2 is 1.62 bits per heavy atom. The lowest BCUT2D eigenvalue weighted by molar-refractivity contribution is 0.417. The Balaban J connectivity index is 2.11. The lowest BCUT2D eigenvalue weighted by Crippen LogP contribution is -2.35. The molecule has 0 aliphatic carbocycles. The van der Waals surface area contributed by atoms with Crippen LogP contribution in [-0.4, -0.2) is 15.1 Å². The topological polar surface area (TPSA) is 29.9 Å². The summed E-state index contributed by atoms with van der Waals surface area (Å²) in [6, 6.07) is 18.7. The van der Waals surface area contributed by atoms with Gasteiger partial charge in [0.2, 0.25) is 0 Å². The van der Waals surface area contributed by atoms with Crippen molar-refractivity contribution in [3.63, 3.8) is 0 Å². The molecule has 0 amide bonds. The highest BCUT2D eigenvalue weighted by atomic mass is 15.1. The zero-order valence-electron chi connectivity index (χ0n) is 12.8. The molecule has 21 heavy (non-hydrogen) atoms. The molecule has 0 saturated heterocycles. The molecule has 0 bridgehead atoms. The van der Waals surface area contributed by atoms with E-state index in [0.717, 1.165) is 29.1 Å². The maximum Gasteiger partial charge on any atom is 0.128 e. The molecule has 1 aromatic heterocycles. The first-order valence-corrected chi connectivity index (χ1v) is 7.31. The van der Waals surface area contributed by atoms with Gasteiger partial charge in [0.05, 0.1) is 17.6 Å². The summed E-state index contributed by atoms with van der Waals surface area (Å²) >= 11 is 0. The Bertz CT molecular complexity index is 736. The minimum Gasteiger partial charge on any atom is -0.305 e. The van der Waals surface area contributed by atoms with Gasteiger partial charge in [-0.05, 0) is 45.0 Å². The molecule has 0 aliphatic heterocycles. The number of benzene rings is 2. The number of rotatable bonds is 3. The molecule has 3 heteroatoms. The lowest BCUT2D eigenvalue weighted by atomic mass is 10.1. The summed E-state index contributed by atoms with van der Waals surface area (Å²) in [6.45, 7) is 7.25. The van der Waals surface area contributed by atoms with E-state index in [-0.39, 0.29) is 5.54 Å². The highest BCUT2D eigenvalue weighted by molar-refractivity contribution is 5.78. The minimum atomic E-state index is 0.0691. The van der Waals surface area contributed by atoms with Crippen molar-refractivity contribution in [3.8, 4) is 5.69 Å². The highest BCUT2D eigenvalue weighted by Crippen LogP contribution is 2.21. The molecule has 3 aromatic rings. The van der Waals surface area contributed by atoms with Crippen LogP contribution < -0.4 is 5.32 Å². The van der Waals surface area contributed by atoms with Crippen LogP contribution >= 0.6 is 0 Å². The fourth-order valence-corrected chi connectivity index (χ4v) is 2.40. The summed E-state index contributed by atoms with van der Waals surface area (Å²) in [5.41, 5.74) is 3.40. The number of aromatic nitrogens is 2. The summed E-state index contributed by atoms with van der Waals surface area (Å²) < 4.78 is 2.23. The van der Waals surface area contributed by atoms with Crippen LogP contribution in [0.5, 0.6) is 0 Å². The molecule has 108 valence electrons. The fourth-order valence-electron chi connectivity index (χ4n) is 2.40. The molecule has 0 atom stereocenters. The predicted octanol–water partition coefficient (Wildman–Crippen LogP) is 3.91. The quantitative estimate of drug-likeness (QED) is 0.787. The van der Waals surface area contributed by atoms with Crippen molar-refractivity contribution in [3.05, 3.63) is 60.4 Å². The molecule has 0 spiro atoms.